The van der Waals surface area contributed by atoms with Crippen molar-refractivity contribution in [2.45, 2.75) is 19.4 Å². The predicted molar refractivity (Wildman–Crippen MR) is 80.4 cm³/mol. The number of fused-ring (bicyclic) bond motifs is 1. The Labute approximate surface area is 119 Å². The molecule has 3 rings (SSSR count). The maximum absolute atomic E-state index is 12.8. The third kappa shape index (κ3) is 3.17. The highest BCUT2D eigenvalue weighted by molar-refractivity contribution is 5.56. The second-order valence-electron chi connectivity index (χ2n) is 5.22. The first-order chi connectivity index (χ1) is 9.81. The van der Waals surface area contributed by atoms with Crippen LogP contribution in [-0.2, 0) is 19.4 Å². The Bertz CT molecular complexity index is 578. The lowest BCUT2D eigenvalue weighted by Gasteiger charge is -2.07. The molecule has 0 amide bonds. The molecular weight excluding hydrogens is 251 g/mol. The van der Waals surface area contributed by atoms with Gasteiger partial charge in [0, 0.05) is 18.8 Å². The van der Waals surface area contributed by atoms with Crippen LogP contribution in [0.15, 0.2) is 42.5 Å². The molecule has 0 aliphatic carbocycles. The number of rotatable bonds is 5. The maximum atomic E-state index is 12.8. The quantitative estimate of drug-likeness (QED) is 0.816. The molecular formula is C17H19FN2. The lowest BCUT2D eigenvalue weighted by Crippen LogP contribution is -2.16. The molecule has 2 nitrogen and oxygen atoms in total. The Balaban J connectivity index is 1.47. The monoisotopic (exact) mass is 270 g/mol. The number of nitrogens with one attached hydrogen (secondary N) is 2. The van der Waals surface area contributed by atoms with Crippen LogP contribution in [0.1, 0.15) is 16.7 Å². The van der Waals surface area contributed by atoms with Crippen LogP contribution in [0, 0.1) is 5.82 Å². The van der Waals surface area contributed by atoms with E-state index in [-0.39, 0.29) is 5.82 Å². The van der Waals surface area contributed by atoms with Gasteiger partial charge >= 0.3 is 0 Å². The van der Waals surface area contributed by atoms with Crippen molar-refractivity contribution < 1.29 is 4.39 Å². The molecule has 20 heavy (non-hydrogen) atoms. The van der Waals surface area contributed by atoms with E-state index in [0.717, 1.165) is 38.0 Å². The van der Waals surface area contributed by atoms with Crippen LogP contribution < -0.4 is 10.6 Å². The molecule has 1 aliphatic heterocycles. The van der Waals surface area contributed by atoms with Gasteiger partial charge in [-0.1, -0.05) is 24.3 Å². The van der Waals surface area contributed by atoms with E-state index in [1.54, 1.807) is 0 Å². The minimum absolute atomic E-state index is 0.180. The lowest BCUT2D eigenvalue weighted by atomic mass is 10.1. The van der Waals surface area contributed by atoms with E-state index in [0.29, 0.717) is 0 Å². The summed E-state index contributed by atoms with van der Waals surface area (Å²) in [7, 11) is 0. The van der Waals surface area contributed by atoms with Crippen molar-refractivity contribution in [3.63, 3.8) is 0 Å². The highest BCUT2D eigenvalue weighted by Crippen LogP contribution is 2.23. The van der Waals surface area contributed by atoms with Crippen LogP contribution in [0.2, 0.25) is 0 Å². The lowest BCUT2D eigenvalue weighted by molar-refractivity contribution is 0.625. The zero-order valence-corrected chi connectivity index (χ0v) is 11.5. The van der Waals surface area contributed by atoms with Crippen molar-refractivity contribution in [3.05, 3.63) is 65.0 Å². The molecule has 2 aromatic carbocycles. The number of hydrogen-bond donors (Lipinski definition) is 2. The van der Waals surface area contributed by atoms with Crippen molar-refractivity contribution in [2.24, 2.45) is 0 Å². The van der Waals surface area contributed by atoms with E-state index in [2.05, 4.69) is 28.8 Å². The first-order valence-electron chi connectivity index (χ1n) is 7.12. The van der Waals surface area contributed by atoms with Crippen LogP contribution >= 0.6 is 0 Å². The van der Waals surface area contributed by atoms with Gasteiger partial charge in [-0.05, 0) is 54.3 Å². The van der Waals surface area contributed by atoms with Gasteiger partial charge in [0.2, 0.25) is 0 Å². The Morgan fingerprint density at radius 1 is 1.05 bits per heavy atom. The van der Waals surface area contributed by atoms with E-state index in [4.69, 9.17) is 0 Å². The molecule has 0 aromatic heterocycles. The van der Waals surface area contributed by atoms with Crippen LogP contribution in [0.5, 0.6) is 0 Å². The fourth-order valence-electron chi connectivity index (χ4n) is 2.58. The minimum Gasteiger partial charge on any atom is -0.384 e. The topological polar surface area (TPSA) is 24.1 Å². The summed E-state index contributed by atoms with van der Waals surface area (Å²) in [5.74, 6) is -0.180. The second-order valence-corrected chi connectivity index (χ2v) is 5.22. The molecule has 2 aromatic rings. The fraction of sp³-hybridized carbons (Fsp3) is 0.294. The van der Waals surface area contributed by atoms with Gasteiger partial charge in [-0.3, -0.25) is 0 Å². The molecule has 0 saturated heterocycles. The molecule has 1 aliphatic rings. The molecule has 2 N–H and O–H groups in total. The molecule has 0 fully saturated rings. The van der Waals surface area contributed by atoms with Gasteiger partial charge in [0.05, 0.1) is 0 Å². The van der Waals surface area contributed by atoms with Gasteiger partial charge in [-0.25, -0.2) is 4.39 Å². The number of halogens is 1. The van der Waals surface area contributed by atoms with Crippen molar-refractivity contribution >= 4 is 5.69 Å². The smallest absolute Gasteiger partial charge is 0.123 e. The summed E-state index contributed by atoms with van der Waals surface area (Å²) in [5, 5.41) is 6.77. The summed E-state index contributed by atoms with van der Waals surface area (Å²) in [6.07, 6.45) is 2.15. The van der Waals surface area contributed by atoms with Crippen molar-refractivity contribution in [1.29, 1.82) is 0 Å². The highest BCUT2D eigenvalue weighted by atomic mass is 19.1. The first kappa shape index (κ1) is 13.1. The van der Waals surface area contributed by atoms with E-state index < -0.39 is 0 Å². The van der Waals surface area contributed by atoms with Gasteiger partial charge in [-0.2, -0.15) is 0 Å². The van der Waals surface area contributed by atoms with Crippen LogP contribution in [0.3, 0.4) is 0 Å². The molecule has 1 heterocycles. The Hall–Kier alpha value is -1.87. The van der Waals surface area contributed by atoms with Gasteiger partial charge in [0.15, 0.2) is 0 Å². The van der Waals surface area contributed by atoms with Crippen LogP contribution in [0.25, 0.3) is 0 Å². The summed E-state index contributed by atoms with van der Waals surface area (Å²) in [5.41, 5.74) is 5.21. The SMILES string of the molecule is Fc1ccc(CNCCc2ccc3c(c2)CCN3)cc1. The van der Waals surface area contributed by atoms with Crippen LogP contribution in [0.4, 0.5) is 10.1 Å². The third-order valence-electron chi connectivity index (χ3n) is 3.71. The maximum Gasteiger partial charge on any atom is 0.123 e. The normalized spacial score (nSPS) is 13.1. The highest BCUT2D eigenvalue weighted by Gasteiger charge is 2.09. The Morgan fingerprint density at radius 2 is 1.85 bits per heavy atom. The van der Waals surface area contributed by atoms with Gasteiger partial charge in [0.1, 0.15) is 5.82 Å². The van der Waals surface area contributed by atoms with E-state index >= 15 is 0 Å². The fourth-order valence-corrected chi connectivity index (χ4v) is 2.58. The van der Waals surface area contributed by atoms with Gasteiger partial charge in [-0.15, -0.1) is 0 Å². The van der Waals surface area contributed by atoms with Gasteiger partial charge < -0.3 is 10.6 Å². The molecule has 104 valence electrons. The first-order valence-corrected chi connectivity index (χ1v) is 7.12. The molecule has 0 spiro atoms. The Kier molecular flexibility index (Phi) is 3.97. The van der Waals surface area contributed by atoms with E-state index in [1.165, 1.54) is 28.9 Å². The predicted octanol–water partition coefficient (Wildman–Crippen LogP) is 3.13. The Morgan fingerprint density at radius 3 is 2.70 bits per heavy atom. The number of benzene rings is 2. The molecule has 0 unspecified atom stereocenters. The van der Waals surface area contributed by atoms with Crippen LogP contribution in [-0.4, -0.2) is 13.1 Å². The van der Waals surface area contributed by atoms with E-state index in [9.17, 15) is 4.39 Å². The van der Waals surface area contributed by atoms with Crippen molar-refractivity contribution in [3.8, 4) is 0 Å². The average molecular weight is 270 g/mol. The summed E-state index contributed by atoms with van der Waals surface area (Å²) in [4.78, 5) is 0. The van der Waals surface area contributed by atoms with Crippen molar-refractivity contribution in [2.75, 3.05) is 18.4 Å². The standard InChI is InChI=1S/C17H19FN2/c18-16-4-1-14(2-5-16)12-19-9-7-13-3-6-17-15(11-13)8-10-20-17/h1-6,11,19-20H,7-10,12H2. The number of anilines is 1. The molecule has 3 heteroatoms. The molecule has 0 atom stereocenters. The number of hydrogen-bond acceptors (Lipinski definition) is 2. The summed E-state index contributed by atoms with van der Waals surface area (Å²) < 4.78 is 12.8. The summed E-state index contributed by atoms with van der Waals surface area (Å²) in [6, 6.07) is 13.3. The molecule has 0 saturated carbocycles. The minimum atomic E-state index is -0.180. The molecule has 0 radical (unpaired) electrons. The van der Waals surface area contributed by atoms with Crippen molar-refractivity contribution in [1.82, 2.24) is 5.32 Å². The van der Waals surface area contributed by atoms with Gasteiger partial charge in [0.25, 0.3) is 0 Å². The van der Waals surface area contributed by atoms with E-state index in [1.807, 2.05) is 12.1 Å². The second kappa shape index (κ2) is 6.06. The summed E-state index contributed by atoms with van der Waals surface area (Å²) in [6.45, 7) is 2.78. The summed E-state index contributed by atoms with van der Waals surface area (Å²) >= 11 is 0. The third-order valence-corrected chi connectivity index (χ3v) is 3.71. The largest absolute Gasteiger partial charge is 0.384 e. The zero-order chi connectivity index (χ0) is 13.8. The molecule has 0 bridgehead atoms. The zero-order valence-electron chi connectivity index (χ0n) is 11.5. The average Bonchev–Trinajstić information content (AvgIpc) is 2.93.